The minimum absolute atomic E-state index is 0.0245. The van der Waals surface area contributed by atoms with Crippen molar-refractivity contribution in [2.24, 2.45) is 0 Å². The fourth-order valence-electron chi connectivity index (χ4n) is 3.88. The van der Waals surface area contributed by atoms with E-state index in [-0.39, 0.29) is 16.8 Å². The SMILES string of the molecule is C[C@@H](Nc1ccc(NS(=O)(=O)c2ccc(F)cc2)cc1)C(=O)N1c2ccccc2C[C@@H]1C. The maximum atomic E-state index is 13.1. The summed E-state index contributed by atoms with van der Waals surface area (Å²) in [5.41, 5.74) is 3.17. The molecule has 32 heavy (non-hydrogen) atoms. The number of benzene rings is 3. The quantitative estimate of drug-likeness (QED) is 0.580. The number of carbonyl (C=O) groups excluding carboxylic acids is 1. The minimum Gasteiger partial charge on any atom is -0.374 e. The van der Waals surface area contributed by atoms with Gasteiger partial charge < -0.3 is 10.2 Å². The van der Waals surface area contributed by atoms with Crippen LogP contribution >= 0.6 is 0 Å². The average Bonchev–Trinajstić information content (AvgIpc) is 3.10. The van der Waals surface area contributed by atoms with Crippen molar-refractivity contribution in [3.8, 4) is 0 Å². The molecule has 4 rings (SSSR count). The van der Waals surface area contributed by atoms with Crippen molar-refractivity contribution < 1.29 is 17.6 Å². The number of carbonyl (C=O) groups is 1. The van der Waals surface area contributed by atoms with Gasteiger partial charge in [0.25, 0.3) is 10.0 Å². The van der Waals surface area contributed by atoms with Crippen LogP contribution in [0.1, 0.15) is 19.4 Å². The Morgan fingerprint density at radius 3 is 2.31 bits per heavy atom. The fourth-order valence-corrected chi connectivity index (χ4v) is 4.94. The predicted octanol–water partition coefficient (Wildman–Crippen LogP) is 4.40. The maximum Gasteiger partial charge on any atom is 0.261 e. The van der Waals surface area contributed by atoms with Crippen LogP contribution in [0.2, 0.25) is 0 Å². The van der Waals surface area contributed by atoms with Gasteiger partial charge in [0.05, 0.1) is 4.90 Å². The number of hydrogen-bond acceptors (Lipinski definition) is 4. The number of anilines is 3. The van der Waals surface area contributed by atoms with E-state index in [2.05, 4.69) is 10.0 Å². The molecule has 166 valence electrons. The molecule has 2 N–H and O–H groups in total. The number of halogens is 1. The number of nitrogens with one attached hydrogen (secondary N) is 2. The van der Waals surface area contributed by atoms with Crippen LogP contribution in [0.5, 0.6) is 0 Å². The second-order valence-electron chi connectivity index (χ2n) is 7.89. The molecule has 8 heteroatoms. The zero-order chi connectivity index (χ0) is 22.9. The molecule has 1 aliphatic rings. The lowest BCUT2D eigenvalue weighted by atomic mass is 10.1. The van der Waals surface area contributed by atoms with E-state index in [0.717, 1.165) is 24.2 Å². The first-order valence-corrected chi connectivity index (χ1v) is 11.8. The Kier molecular flexibility index (Phi) is 5.88. The smallest absolute Gasteiger partial charge is 0.261 e. The third kappa shape index (κ3) is 4.45. The van der Waals surface area contributed by atoms with E-state index in [9.17, 15) is 17.6 Å². The van der Waals surface area contributed by atoms with Gasteiger partial charge in [0.2, 0.25) is 5.91 Å². The summed E-state index contributed by atoms with van der Waals surface area (Å²) in [6.07, 6.45) is 0.831. The van der Waals surface area contributed by atoms with Crippen LogP contribution in [-0.4, -0.2) is 26.4 Å². The summed E-state index contributed by atoms with van der Waals surface area (Å²) >= 11 is 0. The molecule has 2 atom stereocenters. The van der Waals surface area contributed by atoms with Gasteiger partial charge in [0, 0.05) is 23.1 Å². The number of sulfonamides is 1. The molecule has 0 bridgehead atoms. The lowest BCUT2D eigenvalue weighted by molar-refractivity contribution is -0.119. The minimum atomic E-state index is -3.82. The molecule has 0 saturated carbocycles. The van der Waals surface area contributed by atoms with Gasteiger partial charge >= 0.3 is 0 Å². The van der Waals surface area contributed by atoms with Crippen LogP contribution < -0.4 is 14.9 Å². The van der Waals surface area contributed by atoms with Crippen molar-refractivity contribution in [1.82, 2.24) is 0 Å². The van der Waals surface area contributed by atoms with E-state index in [0.29, 0.717) is 11.4 Å². The average molecular weight is 454 g/mol. The van der Waals surface area contributed by atoms with Crippen LogP contribution in [0, 0.1) is 5.82 Å². The van der Waals surface area contributed by atoms with E-state index in [1.807, 2.05) is 36.1 Å². The number of nitrogens with zero attached hydrogens (tertiary/aromatic N) is 1. The van der Waals surface area contributed by atoms with E-state index >= 15 is 0 Å². The van der Waals surface area contributed by atoms with Gasteiger partial charge in [-0.25, -0.2) is 12.8 Å². The van der Waals surface area contributed by atoms with Gasteiger partial charge in [0.1, 0.15) is 11.9 Å². The van der Waals surface area contributed by atoms with Crippen molar-refractivity contribution in [2.75, 3.05) is 14.9 Å². The number of amides is 1. The second kappa shape index (κ2) is 8.63. The molecular weight excluding hydrogens is 429 g/mol. The van der Waals surface area contributed by atoms with Crippen LogP contribution in [0.3, 0.4) is 0 Å². The fraction of sp³-hybridized carbons (Fsp3) is 0.208. The predicted molar refractivity (Wildman–Crippen MR) is 124 cm³/mol. The van der Waals surface area contributed by atoms with E-state index in [4.69, 9.17) is 0 Å². The normalized spacial score (nSPS) is 16.3. The molecule has 1 aliphatic heterocycles. The lowest BCUT2D eigenvalue weighted by Gasteiger charge is -2.27. The Bertz CT molecular complexity index is 1230. The summed E-state index contributed by atoms with van der Waals surface area (Å²) in [5, 5.41) is 3.19. The summed E-state index contributed by atoms with van der Waals surface area (Å²) in [6, 6.07) is 18.8. The van der Waals surface area contributed by atoms with Crippen molar-refractivity contribution in [3.63, 3.8) is 0 Å². The van der Waals surface area contributed by atoms with Crippen molar-refractivity contribution in [3.05, 3.63) is 84.2 Å². The Morgan fingerprint density at radius 2 is 1.62 bits per heavy atom. The molecule has 1 amide bonds. The zero-order valence-corrected chi connectivity index (χ0v) is 18.6. The summed E-state index contributed by atoms with van der Waals surface area (Å²) < 4.78 is 40.4. The topological polar surface area (TPSA) is 78.5 Å². The number of fused-ring (bicyclic) bond motifs is 1. The Balaban J connectivity index is 1.42. The molecule has 0 unspecified atom stereocenters. The first kappa shape index (κ1) is 21.8. The number of para-hydroxylation sites is 1. The van der Waals surface area contributed by atoms with E-state index in [1.54, 1.807) is 31.2 Å². The number of hydrogen-bond donors (Lipinski definition) is 2. The van der Waals surface area contributed by atoms with Crippen molar-refractivity contribution in [2.45, 2.75) is 37.2 Å². The highest BCUT2D eigenvalue weighted by Crippen LogP contribution is 2.32. The van der Waals surface area contributed by atoms with Crippen LogP contribution in [0.4, 0.5) is 21.5 Å². The Morgan fingerprint density at radius 1 is 1.00 bits per heavy atom. The van der Waals surface area contributed by atoms with Crippen molar-refractivity contribution in [1.29, 1.82) is 0 Å². The molecule has 3 aromatic rings. The lowest BCUT2D eigenvalue weighted by Crippen LogP contribution is -2.44. The molecule has 1 heterocycles. The monoisotopic (exact) mass is 453 g/mol. The van der Waals surface area contributed by atoms with Gasteiger partial charge in [-0.3, -0.25) is 9.52 Å². The van der Waals surface area contributed by atoms with Crippen LogP contribution in [-0.2, 0) is 21.2 Å². The van der Waals surface area contributed by atoms with Crippen LogP contribution in [0.25, 0.3) is 0 Å². The summed E-state index contributed by atoms with van der Waals surface area (Å²) in [7, 11) is -3.82. The molecule has 0 fully saturated rings. The molecule has 6 nitrogen and oxygen atoms in total. The molecule has 0 spiro atoms. The first-order valence-electron chi connectivity index (χ1n) is 10.3. The highest BCUT2D eigenvalue weighted by molar-refractivity contribution is 7.92. The highest BCUT2D eigenvalue weighted by atomic mass is 32.2. The summed E-state index contributed by atoms with van der Waals surface area (Å²) in [5.74, 6) is -0.529. The van der Waals surface area contributed by atoms with Crippen molar-refractivity contribution >= 4 is 33.0 Å². The Hall–Kier alpha value is -3.39. The standard InChI is InChI=1S/C24H24FN3O3S/c1-16-15-18-5-3-4-6-23(18)28(16)24(29)17(2)26-20-9-11-21(12-10-20)27-32(30,31)22-13-7-19(25)8-14-22/h3-14,16-17,26-27H,15H2,1-2H3/t16-,17+/m0/s1. The third-order valence-electron chi connectivity index (χ3n) is 5.46. The third-order valence-corrected chi connectivity index (χ3v) is 6.86. The Labute approximate surface area is 187 Å². The summed E-state index contributed by atoms with van der Waals surface area (Å²) in [4.78, 5) is 14.9. The molecule has 0 aromatic heterocycles. The largest absolute Gasteiger partial charge is 0.374 e. The van der Waals surface area contributed by atoms with Gasteiger partial charge in [-0.15, -0.1) is 0 Å². The van der Waals surface area contributed by atoms with Gasteiger partial charge in [-0.1, -0.05) is 18.2 Å². The van der Waals surface area contributed by atoms with Crippen LogP contribution in [0.15, 0.2) is 77.7 Å². The van der Waals surface area contributed by atoms with Gasteiger partial charge in [-0.05, 0) is 80.4 Å². The second-order valence-corrected chi connectivity index (χ2v) is 9.58. The van der Waals surface area contributed by atoms with E-state index in [1.165, 1.54) is 17.7 Å². The first-order chi connectivity index (χ1) is 15.2. The molecule has 0 aliphatic carbocycles. The molecule has 3 aromatic carbocycles. The zero-order valence-electron chi connectivity index (χ0n) is 17.7. The molecule has 0 radical (unpaired) electrons. The maximum absolute atomic E-state index is 13.1. The summed E-state index contributed by atoms with van der Waals surface area (Å²) in [6.45, 7) is 3.84. The number of rotatable bonds is 6. The molecule has 0 saturated heterocycles. The highest BCUT2D eigenvalue weighted by Gasteiger charge is 2.33. The molecular formula is C24H24FN3O3S. The van der Waals surface area contributed by atoms with Gasteiger partial charge in [0.15, 0.2) is 0 Å². The van der Waals surface area contributed by atoms with E-state index < -0.39 is 21.9 Å². The van der Waals surface area contributed by atoms with Gasteiger partial charge in [-0.2, -0.15) is 0 Å².